The van der Waals surface area contributed by atoms with Gasteiger partial charge in [0, 0.05) is 24.4 Å². The van der Waals surface area contributed by atoms with Gasteiger partial charge in [0.1, 0.15) is 5.75 Å². The van der Waals surface area contributed by atoms with E-state index in [1.54, 1.807) is 6.07 Å². The van der Waals surface area contributed by atoms with Crippen molar-refractivity contribution in [1.82, 2.24) is 4.57 Å². The van der Waals surface area contributed by atoms with Crippen molar-refractivity contribution in [2.24, 2.45) is 7.05 Å². The first-order valence-electron chi connectivity index (χ1n) is 4.11. The van der Waals surface area contributed by atoms with Crippen LogP contribution in [0.4, 0.5) is 0 Å². The van der Waals surface area contributed by atoms with Crippen LogP contribution in [0.15, 0.2) is 24.4 Å². The van der Waals surface area contributed by atoms with Crippen molar-refractivity contribution >= 4 is 23.5 Å². The first-order valence-corrected chi connectivity index (χ1v) is 4.74. The number of hydrogen-bond acceptors (Lipinski definition) is 2. The number of aryl methyl sites for hydroxylation is 1. The molecule has 0 saturated heterocycles. The Morgan fingerprint density at radius 1 is 1.46 bits per heavy atom. The predicted octanol–water partition coefficient (Wildman–Crippen LogP) is 2.31. The van der Waals surface area contributed by atoms with Crippen molar-refractivity contribution in [2.75, 3.05) is 0 Å². The number of rotatable bonds is 1. The summed E-state index contributed by atoms with van der Waals surface area (Å²) in [7, 11) is 1.93. The van der Waals surface area contributed by atoms with Gasteiger partial charge in [0.05, 0.1) is 5.52 Å². The van der Waals surface area contributed by atoms with E-state index >= 15 is 0 Å². The fraction of sp³-hybridized carbons (Fsp3) is 0.200. The second-order valence-corrected chi connectivity index (χ2v) is 3.41. The average Bonchev–Trinajstić information content (AvgIpc) is 2.44. The number of thiol groups is 1. The summed E-state index contributed by atoms with van der Waals surface area (Å²) in [5, 5.41) is 10.7. The SMILES string of the molecule is Cn1cc(CS)c2cccc(O)c21. The van der Waals surface area contributed by atoms with Crippen LogP contribution >= 0.6 is 12.6 Å². The molecule has 0 fully saturated rings. The molecule has 2 nitrogen and oxygen atoms in total. The van der Waals surface area contributed by atoms with Gasteiger partial charge in [-0.2, -0.15) is 12.6 Å². The number of fused-ring (bicyclic) bond motifs is 1. The molecule has 0 aliphatic rings. The van der Waals surface area contributed by atoms with E-state index in [4.69, 9.17) is 0 Å². The molecule has 2 aromatic rings. The Hall–Kier alpha value is -1.09. The van der Waals surface area contributed by atoms with Gasteiger partial charge in [0.15, 0.2) is 0 Å². The third-order valence-corrected chi connectivity index (χ3v) is 2.57. The predicted molar refractivity (Wildman–Crippen MR) is 57.3 cm³/mol. The first kappa shape index (κ1) is 8.51. The average molecular weight is 193 g/mol. The summed E-state index contributed by atoms with van der Waals surface area (Å²) in [4.78, 5) is 0. The molecule has 0 aliphatic heterocycles. The van der Waals surface area contributed by atoms with Gasteiger partial charge in [-0.1, -0.05) is 12.1 Å². The zero-order valence-electron chi connectivity index (χ0n) is 7.36. The monoisotopic (exact) mass is 193 g/mol. The van der Waals surface area contributed by atoms with Crippen LogP contribution in [0.25, 0.3) is 10.9 Å². The summed E-state index contributed by atoms with van der Waals surface area (Å²) in [6.07, 6.45) is 2.00. The van der Waals surface area contributed by atoms with E-state index in [0.29, 0.717) is 11.5 Å². The number of phenols is 1. The third-order valence-electron chi connectivity index (χ3n) is 2.23. The summed E-state index contributed by atoms with van der Waals surface area (Å²) < 4.78 is 1.93. The highest BCUT2D eigenvalue weighted by Crippen LogP contribution is 2.28. The van der Waals surface area contributed by atoms with Gasteiger partial charge in [-0.05, 0) is 11.6 Å². The second kappa shape index (κ2) is 3.00. The lowest BCUT2D eigenvalue weighted by atomic mass is 10.2. The molecule has 13 heavy (non-hydrogen) atoms. The highest BCUT2D eigenvalue weighted by molar-refractivity contribution is 7.79. The Bertz CT molecular complexity index is 447. The molecule has 2 rings (SSSR count). The molecule has 1 aromatic carbocycles. The lowest BCUT2D eigenvalue weighted by Crippen LogP contribution is -1.83. The fourth-order valence-corrected chi connectivity index (χ4v) is 1.91. The van der Waals surface area contributed by atoms with Crippen LogP contribution in [0, 0.1) is 0 Å². The van der Waals surface area contributed by atoms with Crippen LogP contribution in [0.2, 0.25) is 0 Å². The van der Waals surface area contributed by atoms with Crippen LogP contribution < -0.4 is 0 Å². The van der Waals surface area contributed by atoms with Crippen molar-refractivity contribution in [3.05, 3.63) is 30.0 Å². The Labute approximate surface area is 82.2 Å². The maximum Gasteiger partial charge on any atom is 0.139 e. The van der Waals surface area contributed by atoms with Crippen LogP contribution in [-0.4, -0.2) is 9.67 Å². The molecule has 0 atom stereocenters. The highest BCUT2D eigenvalue weighted by Gasteiger charge is 2.07. The van der Waals surface area contributed by atoms with Gasteiger partial charge < -0.3 is 9.67 Å². The Morgan fingerprint density at radius 3 is 2.92 bits per heavy atom. The molecule has 0 radical (unpaired) electrons. The van der Waals surface area contributed by atoms with Gasteiger partial charge in [0.2, 0.25) is 0 Å². The smallest absolute Gasteiger partial charge is 0.139 e. The van der Waals surface area contributed by atoms with Crippen LogP contribution in [0.3, 0.4) is 0 Å². The van der Waals surface area contributed by atoms with E-state index in [0.717, 1.165) is 16.5 Å². The normalized spacial score (nSPS) is 10.9. The lowest BCUT2D eigenvalue weighted by Gasteiger charge is -1.98. The topological polar surface area (TPSA) is 25.2 Å². The van der Waals surface area contributed by atoms with Gasteiger partial charge in [-0.3, -0.25) is 0 Å². The standard InChI is InChI=1S/C10H11NOS/c1-11-5-7(6-13)8-3-2-4-9(12)10(8)11/h2-5,12-13H,6H2,1H3. The number of aromatic hydroxyl groups is 1. The summed E-state index contributed by atoms with van der Waals surface area (Å²) in [5.41, 5.74) is 2.03. The van der Waals surface area contributed by atoms with E-state index in [1.165, 1.54) is 0 Å². The molecule has 1 aromatic heterocycles. The van der Waals surface area contributed by atoms with Crippen LogP contribution in [0.1, 0.15) is 5.56 Å². The van der Waals surface area contributed by atoms with Crippen molar-refractivity contribution in [1.29, 1.82) is 0 Å². The first-order chi connectivity index (χ1) is 6.24. The van der Waals surface area contributed by atoms with E-state index < -0.39 is 0 Å². The molecular weight excluding hydrogens is 182 g/mol. The van der Waals surface area contributed by atoms with E-state index in [2.05, 4.69) is 12.6 Å². The van der Waals surface area contributed by atoms with Gasteiger partial charge >= 0.3 is 0 Å². The number of phenolic OH excluding ortho intramolecular Hbond substituents is 1. The Morgan fingerprint density at radius 2 is 2.23 bits per heavy atom. The van der Waals surface area contributed by atoms with Crippen LogP contribution in [-0.2, 0) is 12.8 Å². The largest absolute Gasteiger partial charge is 0.506 e. The molecular formula is C10H11NOS. The van der Waals surface area contributed by atoms with Gasteiger partial charge in [-0.15, -0.1) is 0 Å². The maximum absolute atomic E-state index is 9.62. The van der Waals surface area contributed by atoms with E-state index in [-0.39, 0.29) is 0 Å². The Balaban J connectivity index is 2.87. The van der Waals surface area contributed by atoms with E-state index in [9.17, 15) is 5.11 Å². The highest BCUT2D eigenvalue weighted by atomic mass is 32.1. The fourth-order valence-electron chi connectivity index (χ4n) is 1.65. The van der Waals surface area contributed by atoms with Gasteiger partial charge in [0.25, 0.3) is 0 Å². The summed E-state index contributed by atoms with van der Waals surface area (Å²) in [6.45, 7) is 0. The molecule has 1 heterocycles. The molecule has 68 valence electrons. The number of hydrogen-bond donors (Lipinski definition) is 2. The molecule has 1 N–H and O–H groups in total. The van der Waals surface area contributed by atoms with E-state index in [1.807, 2.05) is 29.9 Å². The molecule has 0 bridgehead atoms. The summed E-state index contributed by atoms with van der Waals surface area (Å²) in [6, 6.07) is 5.55. The lowest BCUT2D eigenvalue weighted by molar-refractivity contribution is 0.479. The van der Waals surface area contributed by atoms with Gasteiger partial charge in [-0.25, -0.2) is 0 Å². The summed E-state index contributed by atoms with van der Waals surface area (Å²) in [5.74, 6) is 1.02. The Kier molecular flexibility index (Phi) is 1.96. The van der Waals surface area contributed by atoms with Crippen molar-refractivity contribution in [2.45, 2.75) is 5.75 Å². The second-order valence-electron chi connectivity index (χ2n) is 3.10. The zero-order valence-corrected chi connectivity index (χ0v) is 8.25. The van der Waals surface area contributed by atoms with Crippen LogP contribution in [0.5, 0.6) is 5.75 Å². The minimum Gasteiger partial charge on any atom is -0.506 e. The minimum atomic E-state index is 0.327. The molecule has 0 aliphatic carbocycles. The number of para-hydroxylation sites is 1. The quantitative estimate of drug-likeness (QED) is 0.668. The molecule has 3 heteroatoms. The molecule has 0 spiro atoms. The molecule has 0 unspecified atom stereocenters. The number of aromatic nitrogens is 1. The summed E-state index contributed by atoms with van der Waals surface area (Å²) >= 11 is 4.24. The number of benzene rings is 1. The maximum atomic E-state index is 9.62. The van der Waals surface area contributed by atoms with Crippen molar-refractivity contribution in [3.63, 3.8) is 0 Å². The zero-order chi connectivity index (χ0) is 9.42. The molecule has 0 amide bonds. The van der Waals surface area contributed by atoms with Crippen molar-refractivity contribution in [3.8, 4) is 5.75 Å². The molecule has 0 saturated carbocycles. The third kappa shape index (κ3) is 1.20. The van der Waals surface area contributed by atoms with Crippen molar-refractivity contribution < 1.29 is 5.11 Å². The minimum absolute atomic E-state index is 0.327. The number of nitrogens with zero attached hydrogens (tertiary/aromatic N) is 1.